The predicted octanol–water partition coefficient (Wildman–Crippen LogP) is 3.05. The quantitative estimate of drug-likeness (QED) is 0.797. The van der Waals surface area contributed by atoms with Crippen molar-refractivity contribution in [3.8, 4) is 11.1 Å². The van der Waals surface area contributed by atoms with Crippen molar-refractivity contribution in [2.24, 2.45) is 4.36 Å². The fourth-order valence-corrected chi connectivity index (χ4v) is 1.82. The van der Waals surface area contributed by atoms with Crippen LogP contribution in [0.1, 0.15) is 0 Å². The molecule has 2 rings (SSSR count). The van der Waals surface area contributed by atoms with Crippen LogP contribution in [0, 0.1) is 0 Å². The highest BCUT2D eigenvalue weighted by Crippen LogP contribution is 2.29. The highest BCUT2D eigenvalue weighted by Gasteiger charge is 2.02. The Balaban J connectivity index is 2.62. The number of hydrogen-bond donors (Lipinski definition) is 0. The van der Waals surface area contributed by atoms with E-state index in [1.54, 1.807) is 12.1 Å². The van der Waals surface area contributed by atoms with Crippen LogP contribution in [-0.2, 0) is 10.5 Å². The second-order valence-electron chi connectivity index (χ2n) is 3.19. The maximum Gasteiger partial charge on any atom is 0.316 e. The number of hydrogen-bond acceptors (Lipinski definition) is 3. The van der Waals surface area contributed by atoms with Gasteiger partial charge in [-0.1, -0.05) is 48.5 Å². The summed E-state index contributed by atoms with van der Waals surface area (Å²) in [4.78, 5) is 0. The molecule has 0 N–H and O–H groups in total. The Morgan fingerprint density at radius 1 is 0.812 bits per heavy atom. The van der Waals surface area contributed by atoms with Gasteiger partial charge in [-0.2, -0.15) is 8.42 Å². The van der Waals surface area contributed by atoms with Gasteiger partial charge in [-0.15, -0.1) is 4.36 Å². The zero-order valence-corrected chi connectivity index (χ0v) is 9.18. The highest BCUT2D eigenvalue weighted by atomic mass is 32.2. The van der Waals surface area contributed by atoms with E-state index in [2.05, 4.69) is 4.36 Å². The molecule has 0 heterocycles. The Kier molecular flexibility index (Phi) is 3.12. The van der Waals surface area contributed by atoms with Gasteiger partial charge in [-0.25, -0.2) is 0 Å². The molecule has 0 fully saturated rings. The first kappa shape index (κ1) is 10.6. The smallest absolute Gasteiger partial charge is 0.163 e. The molecule has 3 nitrogen and oxygen atoms in total. The number of rotatable bonds is 2. The number of nitrogens with zero attached hydrogens (tertiary/aromatic N) is 1. The van der Waals surface area contributed by atoms with Gasteiger partial charge in [0.15, 0.2) is 0 Å². The van der Waals surface area contributed by atoms with Crippen LogP contribution >= 0.6 is 0 Å². The molecule has 2 aromatic rings. The Labute approximate surface area is 95.1 Å². The van der Waals surface area contributed by atoms with Crippen LogP contribution in [0.15, 0.2) is 59.0 Å². The minimum atomic E-state index is -2.43. The summed E-state index contributed by atoms with van der Waals surface area (Å²) in [5.74, 6) is 0. The van der Waals surface area contributed by atoms with E-state index in [0.717, 1.165) is 11.1 Å². The van der Waals surface area contributed by atoms with Crippen molar-refractivity contribution >= 4 is 16.2 Å². The standard InChI is InChI=1S/C12H9NO2S/c14-16(15)13-12-9-5-4-8-11(12)10-6-2-1-3-7-10/h1-9H. The molecule has 80 valence electrons. The van der Waals surface area contributed by atoms with E-state index in [4.69, 9.17) is 0 Å². The molecule has 0 aliphatic carbocycles. The van der Waals surface area contributed by atoms with Crippen molar-refractivity contribution in [1.82, 2.24) is 0 Å². The van der Waals surface area contributed by atoms with E-state index in [1.165, 1.54) is 0 Å². The lowest BCUT2D eigenvalue weighted by Gasteiger charge is -2.03. The van der Waals surface area contributed by atoms with E-state index in [1.807, 2.05) is 42.5 Å². The van der Waals surface area contributed by atoms with E-state index in [9.17, 15) is 8.42 Å². The third kappa shape index (κ3) is 2.35. The molecule has 0 spiro atoms. The molecule has 0 unspecified atom stereocenters. The van der Waals surface area contributed by atoms with Crippen LogP contribution in [0.2, 0.25) is 0 Å². The van der Waals surface area contributed by atoms with E-state index in [0.29, 0.717) is 5.69 Å². The molecule has 0 radical (unpaired) electrons. The van der Waals surface area contributed by atoms with E-state index < -0.39 is 10.5 Å². The summed E-state index contributed by atoms with van der Waals surface area (Å²) < 4.78 is 24.7. The lowest BCUT2D eigenvalue weighted by molar-refractivity contribution is 0.622. The summed E-state index contributed by atoms with van der Waals surface area (Å²) in [5.41, 5.74) is 2.22. The van der Waals surface area contributed by atoms with Gasteiger partial charge in [-0.3, -0.25) is 0 Å². The van der Waals surface area contributed by atoms with Crippen molar-refractivity contribution < 1.29 is 8.42 Å². The van der Waals surface area contributed by atoms with Gasteiger partial charge < -0.3 is 0 Å². The monoisotopic (exact) mass is 231 g/mol. The average molecular weight is 231 g/mol. The lowest BCUT2D eigenvalue weighted by atomic mass is 10.0. The molecule has 16 heavy (non-hydrogen) atoms. The van der Waals surface area contributed by atoms with E-state index >= 15 is 0 Å². The third-order valence-corrected chi connectivity index (χ3v) is 2.51. The molecule has 0 saturated heterocycles. The van der Waals surface area contributed by atoms with Crippen molar-refractivity contribution in [2.75, 3.05) is 0 Å². The van der Waals surface area contributed by atoms with Crippen LogP contribution in [0.5, 0.6) is 0 Å². The van der Waals surface area contributed by atoms with Gasteiger partial charge in [0.25, 0.3) is 0 Å². The Bertz CT molecular complexity index is 610. The summed E-state index contributed by atoms with van der Waals surface area (Å²) in [6, 6.07) is 16.7. The minimum Gasteiger partial charge on any atom is -0.163 e. The maximum absolute atomic E-state index is 10.6. The molecule has 0 atom stereocenters. The highest BCUT2D eigenvalue weighted by molar-refractivity contribution is 7.61. The van der Waals surface area contributed by atoms with Crippen LogP contribution < -0.4 is 0 Å². The molecular weight excluding hydrogens is 222 g/mol. The Morgan fingerprint density at radius 3 is 2.12 bits per heavy atom. The average Bonchev–Trinajstić information content (AvgIpc) is 2.30. The minimum absolute atomic E-state index is 0.460. The lowest BCUT2D eigenvalue weighted by Crippen LogP contribution is -1.77. The Morgan fingerprint density at radius 2 is 1.44 bits per heavy atom. The molecule has 0 aromatic heterocycles. The number of benzene rings is 2. The first-order chi connectivity index (χ1) is 7.77. The SMILES string of the molecule is O=S(=O)=Nc1ccccc1-c1ccccc1. The second kappa shape index (κ2) is 4.72. The van der Waals surface area contributed by atoms with Crippen molar-refractivity contribution in [3.05, 3.63) is 54.6 Å². The van der Waals surface area contributed by atoms with Crippen LogP contribution in [0.3, 0.4) is 0 Å². The van der Waals surface area contributed by atoms with Crippen molar-refractivity contribution in [3.63, 3.8) is 0 Å². The maximum atomic E-state index is 10.6. The zero-order valence-electron chi connectivity index (χ0n) is 8.37. The van der Waals surface area contributed by atoms with Gasteiger partial charge in [0, 0.05) is 5.56 Å². The normalized spacial score (nSPS) is 9.75. The van der Waals surface area contributed by atoms with Crippen molar-refractivity contribution in [1.29, 1.82) is 0 Å². The summed E-state index contributed by atoms with van der Waals surface area (Å²) in [6.45, 7) is 0. The second-order valence-corrected chi connectivity index (χ2v) is 3.81. The molecule has 0 saturated carbocycles. The van der Waals surface area contributed by atoms with Gasteiger partial charge in [0.2, 0.25) is 0 Å². The summed E-state index contributed by atoms with van der Waals surface area (Å²) >= 11 is 0. The topological polar surface area (TPSA) is 46.5 Å². The molecule has 0 aliphatic rings. The van der Waals surface area contributed by atoms with Crippen LogP contribution in [-0.4, -0.2) is 8.42 Å². The molecule has 0 bridgehead atoms. The first-order valence-corrected chi connectivity index (χ1v) is 5.76. The first-order valence-electron chi connectivity index (χ1n) is 4.73. The Hall–Kier alpha value is -1.94. The largest absolute Gasteiger partial charge is 0.316 e. The molecule has 0 aliphatic heterocycles. The van der Waals surface area contributed by atoms with Crippen LogP contribution in [0.25, 0.3) is 11.1 Å². The molecule has 0 amide bonds. The van der Waals surface area contributed by atoms with E-state index in [-0.39, 0.29) is 0 Å². The van der Waals surface area contributed by atoms with Gasteiger partial charge in [0.05, 0.1) is 5.69 Å². The fourth-order valence-electron chi connectivity index (χ4n) is 1.50. The molecule has 2 aromatic carbocycles. The van der Waals surface area contributed by atoms with Crippen LogP contribution in [0.4, 0.5) is 5.69 Å². The zero-order chi connectivity index (χ0) is 11.4. The predicted molar refractivity (Wildman–Crippen MR) is 62.9 cm³/mol. The van der Waals surface area contributed by atoms with Gasteiger partial charge >= 0.3 is 10.5 Å². The van der Waals surface area contributed by atoms with Gasteiger partial charge in [0.1, 0.15) is 0 Å². The third-order valence-electron chi connectivity index (χ3n) is 2.16. The van der Waals surface area contributed by atoms with Gasteiger partial charge in [-0.05, 0) is 11.6 Å². The molecule has 4 heteroatoms. The fraction of sp³-hybridized carbons (Fsp3) is 0. The molecular formula is C12H9NO2S. The summed E-state index contributed by atoms with van der Waals surface area (Å²) in [6.07, 6.45) is 0. The summed E-state index contributed by atoms with van der Waals surface area (Å²) in [7, 11) is -2.43. The van der Waals surface area contributed by atoms with Crippen molar-refractivity contribution in [2.45, 2.75) is 0 Å². The summed E-state index contributed by atoms with van der Waals surface area (Å²) in [5, 5.41) is 0.